The summed E-state index contributed by atoms with van der Waals surface area (Å²) < 4.78 is 16.6. The second-order valence-electron chi connectivity index (χ2n) is 15.2. The molecule has 0 radical (unpaired) electrons. The van der Waals surface area contributed by atoms with Gasteiger partial charge in [0.15, 0.2) is 6.10 Å². The van der Waals surface area contributed by atoms with E-state index in [0.29, 0.717) is 19.3 Å². The van der Waals surface area contributed by atoms with Gasteiger partial charge in [0.05, 0.1) is 0 Å². The minimum absolute atomic E-state index is 0.0653. The molecule has 0 aliphatic heterocycles. The van der Waals surface area contributed by atoms with Crippen LogP contribution in [0.25, 0.3) is 0 Å². The van der Waals surface area contributed by atoms with Crippen LogP contribution in [0.5, 0.6) is 0 Å². The van der Waals surface area contributed by atoms with Gasteiger partial charge in [-0.2, -0.15) is 0 Å². The number of carbonyl (C=O) groups is 3. The smallest absolute Gasteiger partial charge is 0.306 e. The van der Waals surface area contributed by atoms with Crippen molar-refractivity contribution in [2.45, 2.75) is 246 Å². The number of esters is 3. The van der Waals surface area contributed by atoms with Crippen molar-refractivity contribution in [1.29, 1.82) is 0 Å². The SMILES string of the molecule is CCCCCCCCCCCC(=O)OC[C@H](COC(=O)CCCCCCC)OC(=O)CCCCCCCCCCCCCCCCC(C)CC. The molecule has 0 heterocycles. The molecule has 0 rings (SSSR count). The van der Waals surface area contributed by atoms with Crippen molar-refractivity contribution in [3.63, 3.8) is 0 Å². The fourth-order valence-corrected chi connectivity index (χ4v) is 6.42. The van der Waals surface area contributed by atoms with Crippen LogP contribution in [0.1, 0.15) is 240 Å². The highest BCUT2D eigenvalue weighted by Crippen LogP contribution is 2.17. The molecule has 0 spiro atoms. The molecule has 0 N–H and O–H groups in total. The average molecular weight is 709 g/mol. The highest BCUT2D eigenvalue weighted by atomic mass is 16.6. The third-order valence-corrected chi connectivity index (χ3v) is 10.2. The maximum atomic E-state index is 12.6. The Morgan fingerprint density at radius 2 is 0.700 bits per heavy atom. The van der Waals surface area contributed by atoms with Crippen molar-refractivity contribution in [3.05, 3.63) is 0 Å². The zero-order chi connectivity index (χ0) is 36.8. The lowest BCUT2D eigenvalue weighted by atomic mass is 9.99. The summed E-state index contributed by atoms with van der Waals surface area (Å²) in [5.41, 5.74) is 0. The highest BCUT2D eigenvalue weighted by Gasteiger charge is 2.19. The Kier molecular flexibility index (Phi) is 37.4. The summed E-state index contributed by atoms with van der Waals surface area (Å²) in [6.45, 7) is 8.93. The number of carbonyl (C=O) groups excluding carboxylic acids is 3. The molecule has 0 aliphatic carbocycles. The van der Waals surface area contributed by atoms with Gasteiger partial charge in [-0.15, -0.1) is 0 Å². The molecule has 0 amide bonds. The largest absolute Gasteiger partial charge is 0.462 e. The first-order chi connectivity index (χ1) is 24.4. The van der Waals surface area contributed by atoms with E-state index in [9.17, 15) is 14.4 Å². The number of unbranched alkanes of at least 4 members (excludes halogenated alkanes) is 25. The van der Waals surface area contributed by atoms with Gasteiger partial charge in [-0.05, 0) is 25.2 Å². The van der Waals surface area contributed by atoms with Crippen LogP contribution in [0, 0.1) is 5.92 Å². The Bertz CT molecular complexity index is 753. The molecule has 296 valence electrons. The van der Waals surface area contributed by atoms with E-state index in [1.54, 1.807) is 0 Å². The van der Waals surface area contributed by atoms with Crippen molar-refractivity contribution in [3.8, 4) is 0 Å². The van der Waals surface area contributed by atoms with Gasteiger partial charge in [0, 0.05) is 19.3 Å². The fourth-order valence-electron chi connectivity index (χ4n) is 6.42. The quantitative estimate of drug-likeness (QED) is 0.0359. The monoisotopic (exact) mass is 709 g/mol. The van der Waals surface area contributed by atoms with Crippen LogP contribution in [0.3, 0.4) is 0 Å². The maximum Gasteiger partial charge on any atom is 0.306 e. The predicted octanol–water partition coefficient (Wildman–Crippen LogP) is 13.6. The molecule has 0 aromatic heterocycles. The number of rotatable bonds is 39. The molecule has 1 unspecified atom stereocenters. The summed E-state index contributed by atoms with van der Waals surface area (Å²) in [5, 5.41) is 0. The second-order valence-corrected chi connectivity index (χ2v) is 15.2. The van der Waals surface area contributed by atoms with E-state index < -0.39 is 6.10 Å². The Morgan fingerprint density at radius 1 is 0.400 bits per heavy atom. The van der Waals surface area contributed by atoms with E-state index in [-0.39, 0.29) is 31.1 Å². The van der Waals surface area contributed by atoms with E-state index >= 15 is 0 Å². The standard InChI is InChI=1S/C44H84O6/c1-5-8-10-12-13-20-24-28-32-36-43(46)49-39-41(38-48-42(45)35-31-26-11-9-6-2)50-44(47)37-33-29-25-22-19-17-15-14-16-18-21-23-27-30-34-40(4)7-3/h40-41H,5-39H2,1-4H3/t40?,41-/m0/s1. The maximum absolute atomic E-state index is 12.6. The van der Waals surface area contributed by atoms with Crippen LogP contribution in [0.4, 0.5) is 0 Å². The first-order valence-electron chi connectivity index (χ1n) is 21.9. The number of ether oxygens (including phenoxy) is 3. The van der Waals surface area contributed by atoms with Crippen LogP contribution < -0.4 is 0 Å². The molecular formula is C44H84O6. The van der Waals surface area contributed by atoms with Crippen LogP contribution >= 0.6 is 0 Å². The van der Waals surface area contributed by atoms with E-state index in [0.717, 1.165) is 70.1 Å². The van der Waals surface area contributed by atoms with Crippen molar-refractivity contribution < 1.29 is 28.6 Å². The van der Waals surface area contributed by atoms with Crippen molar-refractivity contribution in [1.82, 2.24) is 0 Å². The minimum atomic E-state index is -0.756. The molecule has 0 fully saturated rings. The van der Waals surface area contributed by atoms with Crippen LogP contribution in [0.2, 0.25) is 0 Å². The van der Waals surface area contributed by atoms with Gasteiger partial charge in [-0.3, -0.25) is 14.4 Å². The molecule has 0 bridgehead atoms. The van der Waals surface area contributed by atoms with Gasteiger partial charge >= 0.3 is 17.9 Å². The fraction of sp³-hybridized carbons (Fsp3) is 0.932. The molecule has 0 aromatic rings. The van der Waals surface area contributed by atoms with Crippen molar-refractivity contribution in [2.75, 3.05) is 13.2 Å². The average Bonchev–Trinajstić information content (AvgIpc) is 3.11. The van der Waals surface area contributed by atoms with Gasteiger partial charge in [0.2, 0.25) is 0 Å². The van der Waals surface area contributed by atoms with E-state index in [4.69, 9.17) is 14.2 Å². The zero-order valence-electron chi connectivity index (χ0n) is 33.9. The van der Waals surface area contributed by atoms with Gasteiger partial charge in [-0.1, -0.05) is 201 Å². The molecule has 0 aromatic carbocycles. The van der Waals surface area contributed by atoms with Crippen LogP contribution in [0.15, 0.2) is 0 Å². The van der Waals surface area contributed by atoms with Crippen LogP contribution in [-0.4, -0.2) is 37.2 Å². The lowest BCUT2D eigenvalue weighted by molar-refractivity contribution is -0.167. The molecular weight excluding hydrogens is 624 g/mol. The highest BCUT2D eigenvalue weighted by molar-refractivity contribution is 5.71. The summed E-state index contributed by atoms with van der Waals surface area (Å²) in [6.07, 6.45) is 36.8. The second kappa shape index (κ2) is 38.6. The number of hydrogen-bond acceptors (Lipinski definition) is 6. The summed E-state index contributed by atoms with van der Waals surface area (Å²) in [5.74, 6) is 0.0213. The zero-order valence-corrected chi connectivity index (χ0v) is 33.9. The molecule has 0 saturated carbocycles. The van der Waals surface area contributed by atoms with E-state index in [2.05, 4.69) is 27.7 Å². The molecule has 0 saturated heterocycles. The van der Waals surface area contributed by atoms with Gasteiger partial charge in [-0.25, -0.2) is 0 Å². The lowest BCUT2D eigenvalue weighted by Crippen LogP contribution is -2.30. The number of hydrogen-bond donors (Lipinski definition) is 0. The first kappa shape index (κ1) is 48.4. The van der Waals surface area contributed by atoms with Crippen LogP contribution in [-0.2, 0) is 28.6 Å². The molecule has 50 heavy (non-hydrogen) atoms. The normalized spacial score (nSPS) is 12.5. The summed E-state index contributed by atoms with van der Waals surface area (Å²) in [7, 11) is 0. The van der Waals surface area contributed by atoms with Crippen molar-refractivity contribution >= 4 is 17.9 Å². The molecule has 0 aliphatic rings. The summed E-state index contributed by atoms with van der Waals surface area (Å²) in [6, 6.07) is 0. The third-order valence-electron chi connectivity index (χ3n) is 10.2. The Morgan fingerprint density at radius 3 is 1.04 bits per heavy atom. The van der Waals surface area contributed by atoms with Gasteiger partial charge in [0.1, 0.15) is 13.2 Å². The van der Waals surface area contributed by atoms with E-state index in [1.165, 1.54) is 128 Å². The first-order valence-corrected chi connectivity index (χ1v) is 21.9. The molecule has 6 heteroatoms. The summed E-state index contributed by atoms with van der Waals surface area (Å²) in [4.78, 5) is 37.3. The lowest BCUT2D eigenvalue weighted by Gasteiger charge is -2.18. The topological polar surface area (TPSA) is 78.9 Å². The summed E-state index contributed by atoms with van der Waals surface area (Å²) >= 11 is 0. The minimum Gasteiger partial charge on any atom is -0.462 e. The van der Waals surface area contributed by atoms with Crippen molar-refractivity contribution in [2.24, 2.45) is 5.92 Å². The Hall–Kier alpha value is -1.59. The Labute approximate surface area is 310 Å². The van der Waals surface area contributed by atoms with Gasteiger partial charge in [0.25, 0.3) is 0 Å². The molecule has 2 atom stereocenters. The van der Waals surface area contributed by atoms with Gasteiger partial charge < -0.3 is 14.2 Å². The third kappa shape index (κ3) is 36.2. The Balaban J connectivity index is 4.14. The molecule has 6 nitrogen and oxygen atoms in total. The predicted molar refractivity (Wildman–Crippen MR) is 210 cm³/mol. The van der Waals surface area contributed by atoms with E-state index in [1.807, 2.05) is 0 Å².